The van der Waals surface area contributed by atoms with Crippen LogP contribution >= 0.6 is 11.3 Å². The fraction of sp³-hybridized carbons (Fsp3) is 0.556. The molecule has 0 aliphatic heterocycles. The van der Waals surface area contributed by atoms with Gasteiger partial charge in [-0.2, -0.15) is 13.2 Å². The molecule has 0 aliphatic rings. The van der Waals surface area contributed by atoms with Crippen LogP contribution in [-0.4, -0.2) is 23.6 Å². The summed E-state index contributed by atoms with van der Waals surface area (Å²) >= 11 is 1.01. The number of thiazole rings is 1. The molecule has 1 heterocycles. The van der Waals surface area contributed by atoms with Gasteiger partial charge >= 0.3 is 6.18 Å². The summed E-state index contributed by atoms with van der Waals surface area (Å²) in [5.74, 6) is -0.674. The van der Waals surface area contributed by atoms with Crippen molar-refractivity contribution < 1.29 is 18.0 Å². The van der Waals surface area contributed by atoms with Crippen LogP contribution in [0.5, 0.6) is 0 Å². The van der Waals surface area contributed by atoms with E-state index in [0.717, 1.165) is 11.3 Å². The predicted octanol–water partition coefficient (Wildman–Crippen LogP) is 1.76. The lowest BCUT2D eigenvalue weighted by Crippen LogP contribution is -2.30. The molecular weight excluding hydrogens is 255 g/mol. The monoisotopic (exact) mass is 267 g/mol. The zero-order valence-corrected chi connectivity index (χ0v) is 10.1. The van der Waals surface area contributed by atoms with Gasteiger partial charge in [0.05, 0.1) is 12.2 Å². The van der Waals surface area contributed by atoms with Crippen molar-refractivity contribution in [1.29, 1.82) is 0 Å². The van der Waals surface area contributed by atoms with E-state index in [0.29, 0.717) is 10.6 Å². The number of aryl methyl sites for hydroxylation is 1. The van der Waals surface area contributed by atoms with Gasteiger partial charge in [-0.15, -0.1) is 11.3 Å². The molecule has 1 aromatic rings. The molecule has 0 spiro atoms. The minimum atomic E-state index is -4.26. The molecule has 0 aliphatic carbocycles. The van der Waals surface area contributed by atoms with Gasteiger partial charge in [0.2, 0.25) is 0 Å². The lowest BCUT2D eigenvalue weighted by Gasteiger charge is -2.14. The summed E-state index contributed by atoms with van der Waals surface area (Å²) in [7, 11) is 0. The van der Waals surface area contributed by atoms with Crippen molar-refractivity contribution in [1.82, 2.24) is 10.3 Å². The SMILES string of the molecule is Cc1nc(C(N)=O)sc1C(C)NCC(F)(F)F. The van der Waals surface area contributed by atoms with Crippen LogP contribution < -0.4 is 11.1 Å². The number of amides is 1. The Morgan fingerprint density at radius 2 is 2.18 bits per heavy atom. The van der Waals surface area contributed by atoms with E-state index in [1.807, 2.05) is 0 Å². The third-order valence-electron chi connectivity index (χ3n) is 2.05. The third-order valence-corrected chi connectivity index (χ3v) is 3.40. The minimum Gasteiger partial charge on any atom is -0.364 e. The first-order valence-electron chi connectivity index (χ1n) is 4.78. The lowest BCUT2D eigenvalue weighted by atomic mass is 10.2. The van der Waals surface area contributed by atoms with Gasteiger partial charge in [-0.25, -0.2) is 4.98 Å². The number of nitrogens with one attached hydrogen (secondary N) is 1. The van der Waals surface area contributed by atoms with E-state index in [9.17, 15) is 18.0 Å². The molecule has 0 radical (unpaired) electrons. The Morgan fingerprint density at radius 1 is 1.59 bits per heavy atom. The Hall–Kier alpha value is -1.15. The van der Waals surface area contributed by atoms with E-state index in [1.54, 1.807) is 13.8 Å². The average molecular weight is 267 g/mol. The number of hydrogen-bond donors (Lipinski definition) is 2. The Labute approximate surface area is 100 Å². The smallest absolute Gasteiger partial charge is 0.364 e. The molecular formula is C9H12F3N3OS. The lowest BCUT2D eigenvalue weighted by molar-refractivity contribution is -0.126. The van der Waals surface area contributed by atoms with Crippen molar-refractivity contribution in [2.75, 3.05) is 6.54 Å². The predicted molar refractivity (Wildman–Crippen MR) is 57.8 cm³/mol. The van der Waals surface area contributed by atoms with E-state index in [2.05, 4.69) is 10.3 Å². The molecule has 0 fully saturated rings. The van der Waals surface area contributed by atoms with E-state index in [4.69, 9.17) is 5.73 Å². The topological polar surface area (TPSA) is 68.0 Å². The number of rotatable bonds is 4. The number of halogens is 3. The first-order valence-corrected chi connectivity index (χ1v) is 5.59. The molecule has 1 amide bonds. The second-order valence-electron chi connectivity index (χ2n) is 3.55. The molecule has 17 heavy (non-hydrogen) atoms. The zero-order valence-electron chi connectivity index (χ0n) is 9.26. The van der Waals surface area contributed by atoms with Crippen LogP contribution in [0.2, 0.25) is 0 Å². The van der Waals surface area contributed by atoms with Crippen molar-refractivity contribution in [3.63, 3.8) is 0 Å². The molecule has 1 aromatic heterocycles. The molecule has 96 valence electrons. The van der Waals surface area contributed by atoms with E-state index < -0.39 is 24.7 Å². The molecule has 0 aromatic carbocycles. The molecule has 3 N–H and O–H groups in total. The first-order chi connectivity index (χ1) is 7.70. The standard InChI is InChI=1S/C9H12F3N3OS/c1-4(14-3-9(10,11)12)6-5(2)15-8(17-6)7(13)16/h4,14H,3H2,1-2H3,(H2,13,16). The second kappa shape index (κ2) is 5.01. The summed E-state index contributed by atoms with van der Waals surface area (Å²) in [4.78, 5) is 15.4. The van der Waals surface area contributed by atoms with Gasteiger partial charge in [0, 0.05) is 10.9 Å². The Morgan fingerprint density at radius 3 is 2.59 bits per heavy atom. The van der Waals surface area contributed by atoms with E-state index >= 15 is 0 Å². The summed E-state index contributed by atoms with van der Waals surface area (Å²) in [6.07, 6.45) is -4.26. The minimum absolute atomic E-state index is 0.109. The van der Waals surface area contributed by atoms with Crippen LogP contribution in [0.3, 0.4) is 0 Å². The highest BCUT2D eigenvalue weighted by Crippen LogP contribution is 2.25. The van der Waals surface area contributed by atoms with Gasteiger partial charge in [-0.05, 0) is 13.8 Å². The van der Waals surface area contributed by atoms with Gasteiger partial charge in [0.25, 0.3) is 5.91 Å². The van der Waals surface area contributed by atoms with Crippen molar-refractivity contribution in [3.8, 4) is 0 Å². The summed E-state index contributed by atoms with van der Waals surface area (Å²) < 4.78 is 36.1. The molecule has 1 atom stereocenters. The van der Waals surface area contributed by atoms with E-state index in [-0.39, 0.29) is 5.01 Å². The molecule has 0 saturated heterocycles. The van der Waals surface area contributed by atoms with Crippen LogP contribution in [0.4, 0.5) is 13.2 Å². The van der Waals surface area contributed by atoms with Crippen LogP contribution in [-0.2, 0) is 0 Å². The van der Waals surface area contributed by atoms with Crippen molar-refractivity contribution in [3.05, 3.63) is 15.6 Å². The number of hydrogen-bond acceptors (Lipinski definition) is 4. The number of carbonyl (C=O) groups is 1. The number of aromatic nitrogens is 1. The quantitative estimate of drug-likeness (QED) is 0.873. The van der Waals surface area contributed by atoms with Crippen molar-refractivity contribution in [2.24, 2.45) is 5.73 Å². The zero-order chi connectivity index (χ0) is 13.2. The average Bonchev–Trinajstić information content (AvgIpc) is 2.56. The molecule has 0 bridgehead atoms. The highest BCUT2D eigenvalue weighted by atomic mass is 32.1. The summed E-state index contributed by atoms with van der Waals surface area (Å²) in [6.45, 7) is 2.12. The Balaban J connectivity index is 2.75. The maximum absolute atomic E-state index is 12.0. The summed E-state index contributed by atoms with van der Waals surface area (Å²) in [5, 5.41) is 2.43. The Bertz CT molecular complexity index is 416. The largest absolute Gasteiger partial charge is 0.401 e. The van der Waals surface area contributed by atoms with Crippen LogP contribution in [0.15, 0.2) is 0 Å². The molecule has 1 rings (SSSR count). The molecule has 0 saturated carbocycles. The van der Waals surface area contributed by atoms with Crippen LogP contribution in [0.25, 0.3) is 0 Å². The normalized spacial score (nSPS) is 13.7. The van der Waals surface area contributed by atoms with Gasteiger partial charge in [0.1, 0.15) is 0 Å². The van der Waals surface area contributed by atoms with Crippen LogP contribution in [0.1, 0.15) is 33.3 Å². The number of nitrogens with zero attached hydrogens (tertiary/aromatic N) is 1. The summed E-state index contributed by atoms with van der Waals surface area (Å²) in [6, 6.07) is -0.526. The number of carbonyl (C=O) groups excluding carboxylic acids is 1. The highest BCUT2D eigenvalue weighted by Gasteiger charge is 2.28. The molecule has 4 nitrogen and oxygen atoms in total. The second-order valence-corrected chi connectivity index (χ2v) is 4.58. The van der Waals surface area contributed by atoms with Crippen molar-refractivity contribution in [2.45, 2.75) is 26.1 Å². The number of alkyl halides is 3. The number of nitrogens with two attached hydrogens (primary N) is 1. The van der Waals surface area contributed by atoms with E-state index in [1.165, 1.54) is 0 Å². The highest BCUT2D eigenvalue weighted by molar-refractivity contribution is 7.13. The van der Waals surface area contributed by atoms with Gasteiger partial charge in [0.15, 0.2) is 5.01 Å². The molecule has 8 heteroatoms. The van der Waals surface area contributed by atoms with Gasteiger partial charge in [-0.1, -0.05) is 0 Å². The van der Waals surface area contributed by atoms with Gasteiger partial charge < -0.3 is 11.1 Å². The third kappa shape index (κ3) is 3.97. The molecule has 1 unspecified atom stereocenters. The first kappa shape index (κ1) is 13.9. The summed E-state index contributed by atoms with van der Waals surface area (Å²) in [5.41, 5.74) is 5.57. The maximum Gasteiger partial charge on any atom is 0.401 e. The van der Waals surface area contributed by atoms with Crippen molar-refractivity contribution >= 4 is 17.2 Å². The maximum atomic E-state index is 12.0. The van der Waals surface area contributed by atoms with Crippen LogP contribution in [0, 0.1) is 6.92 Å². The fourth-order valence-electron chi connectivity index (χ4n) is 1.28. The Kier molecular flexibility index (Phi) is 4.10. The fourth-order valence-corrected chi connectivity index (χ4v) is 2.22. The number of primary amides is 1. The van der Waals surface area contributed by atoms with Gasteiger partial charge in [-0.3, -0.25) is 4.79 Å².